The zero-order valence-corrected chi connectivity index (χ0v) is 12.4. The zero-order valence-electron chi connectivity index (χ0n) is 12.4. The monoisotopic (exact) mass is 276 g/mol. The van der Waals surface area contributed by atoms with Gasteiger partial charge in [-0.3, -0.25) is 9.59 Å². The highest BCUT2D eigenvalue weighted by atomic mass is 16.2. The van der Waals surface area contributed by atoms with Gasteiger partial charge in [0.1, 0.15) is 0 Å². The molecule has 1 fully saturated rings. The summed E-state index contributed by atoms with van der Waals surface area (Å²) in [7, 11) is 0. The summed E-state index contributed by atoms with van der Waals surface area (Å²) in [5.74, 6) is 0.635. The summed E-state index contributed by atoms with van der Waals surface area (Å²) >= 11 is 0. The lowest BCUT2D eigenvalue weighted by Crippen LogP contribution is -2.40. The molecule has 1 saturated carbocycles. The van der Waals surface area contributed by atoms with Crippen LogP contribution >= 0.6 is 0 Å². The van der Waals surface area contributed by atoms with Gasteiger partial charge >= 0.3 is 0 Å². The standard InChI is InChI=1S/C16H24N2O2/c1-12(2)9-10-18(14-5-3-4-6-14)16(20)13-7-8-15(19)17-11-13/h7-8,11-12,14H,3-6,9-10H2,1-2H3,(H,17,19). The molecule has 1 amide bonds. The van der Waals surface area contributed by atoms with Crippen molar-refractivity contribution in [3.8, 4) is 0 Å². The fraction of sp³-hybridized carbons (Fsp3) is 0.625. The maximum atomic E-state index is 12.7. The Kier molecular flexibility index (Phi) is 4.99. The number of pyridine rings is 1. The molecule has 1 heterocycles. The highest BCUT2D eigenvalue weighted by molar-refractivity contribution is 5.94. The molecule has 0 aromatic carbocycles. The van der Waals surface area contributed by atoms with Crippen LogP contribution in [0.4, 0.5) is 0 Å². The summed E-state index contributed by atoms with van der Waals surface area (Å²) in [4.78, 5) is 28.4. The van der Waals surface area contributed by atoms with E-state index in [4.69, 9.17) is 0 Å². The first-order valence-electron chi connectivity index (χ1n) is 7.57. The summed E-state index contributed by atoms with van der Waals surface area (Å²) in [5, 5.41) is 0. The van der Waals surface area contributed by atoms with Crippen molar-refractivity contribution in [1.82, 2.24) is 9.88 Å². The molecule has 1 N–H and O–H groups in total. The van der Waals surface area contributed by atoms with Gasteiger partial charge in [0.15, 0.2) is 0 Å². The van der Waals surface area contributed by atoms with Crippen LogP contribution in [0.1, 0.15) is 56.3 Å². The van der Waals surface area contributed by atoms with Crippen molar-refractivity contribution in [3.05, 3.63) is 34.2 Å². The van der Waals surface area contributed by atoms with Crippen LogP contribution in [0.15, 0.2) is 23.1 Å². The first-order valence-corrected chi connectivity index (χ1v) is 7.57. The van der Waals surface area contributed by atoms with Crippen molar-refractivity contribution in [3.63, 3.8) is 0 Å². The summed E-state index contributed by atoms with van der Waals surface area (Å²) in [6.07, 6.45) is 7.18. The number of carbonyl (C=O) groups is 1. The number of nitrogens with zero attached hydrogens (tertiary/aromatic N) is 1. The topological polar surface area (TPSA) is 53.2 Å². The van der Waals surface area contributed by atoms with Gasteiger partial charge in [-0.15, -0.1) is 0 Å². The Bertz CT molecular complexity index is 481. The molecular weight excluding hydrogens is 252 g/mol. The van der Waals surface area contributed by atoms with Gasteiger partial charge in [-0.2, -0.15) is 0 Å². The highest BCUT2D eigenvalue weighted by Crippen LogP contribution is 2.25. The Morgan fingerprint density at radius 1 is 1.35 bits per heavy atom. The second-order valence-electron chi connectivity index (χ2n) is 6.06. The van der Waals surface area contributed by atoms with Crippen molar-refractivity contribution < 1.29 is 4.79 Å². The van der Waals surface area contributed by atoms with Gasteiger partial charge in [-0.05, 0) is 31.2 Å². The van der Waals surface area contributed by atoms with E-state index < -0.39 is 0 Å². The minimum Gasteiger partial charge on any atom is -0.336 e. The summed E-state index contributed by atoms with van der Waals surface area (Å²) in [6.45, 7) is 5.16. The Hall–Kier alpha value is -1.58. The summed E-state index contributed by atoms with van der Waals surface area (Å²) in [6, 6.07) is 3.41. The van der Waals surface area contributed by atoms with Crippen LogP contribution in [0.2, 0.25) is 0 Å². The fourth-order valence-electron chi connectivity index (χ4n) is 2.77. The minimum absolute atomic E-state index is 0.0498. The first-order chi connectivity index (χ1) is 9.58. The van der Waals surface area contributed by atoms with Gasteiger partial charge in [0, 0.05) is 24.8 Å². The van der Waals surface area contributed by atoms with Crippen LogP contribution in [-0.2, 0) is 0 Å². The van der Waals surface area contributed by atoms with E-state index >= 15 is 0 Å². The predicted octanol–water partition coefficient (Wildman–Crippen LogP) is 2.81. The Morgan fingerprint density at radius 3 is 2.60 bits per heavy atom. The third kappa shape index (κ3) is 3.71. The highest BCUT2D eigenvalue weighted by Gasteiger charge is 2.27. The maximum absolute atomic E-state index is 12.7. The molecule has 20 heavy (non-hydrogen) atoms. The number of amides is 1. The quantitative estimate of drug-likeness (QED) is 0.899. The third-order valence-corrected chi connectivity index (χ3v) is 4.00. The molecule has 0 atom stereocenters. The van der Waals surface area contributed by atoms with E-state index in [9.17, 15) is 9.59 Å². The van der Waals surface area contributed by atoms with E-state index in [1.54, 1.807) is 6.07 Å². The molecule has 0 saturated heterocycles. The van der Waals surface area contributed by atoms with Crippen LogP contribution in [0.5, 0.6) is 0 Å². The molecule has 1 aliphatic rings. The van der Waals surface area contributed by atoms with Gasteiger partial charge in [0.2, 0.25) is 5.56 Å². The van der Waals surface area contributed by atoms with Crippen molar-refractivity contribution in [2.45, 2.75) is 52.0 Å². The van der Waals surface area contributed by atoms with Gasteiger partial charge in [-0.1, -0.05) is 26.7 Å². The fourth-order valence-corrected chi connectivity index (χ4v) is 2.77. The van der Waals surface area contributed by atoms with E-state index in [2.05, 4.69) is 18.8 Å². The predicted molar refractivity (Wildman–Crippen MR) is 79.8 cm³/mol. The zero-order chi connectivity index (χ0) is 14.5. The Morgan fingerprint density at radius 2 is 2.05 bits per heavy atom. The molecule has 4 heteroatoms. The van der Waals surface area contributed by atoms with Crippen LogP contribution in [0.25, 0.3) is 0 Å². The Balaban J connectivity index is 2.13. The number of carbonyl (C=O) groups excluding carboxylic acids is 1. The maximum Gasteiger partial charge on any atom is 0.255 e. The van der Waals surface area contributed by atoms with Crippen molar-refractivity contribution in [2.75, 3.05) is 6.54 Å². The molecule has 0 bridgehead atoms. The van der Waals surface area contributed by atoms with Gasteiger partial charge in [-0.25, -0.2) is 0 Å². The molecule has 0 unspecified atom stereocenters. The summed E-state index contributed by atoms with van der Waals surface area (Å²) in [5.41, 5.74) is 0.413. The van der Waals surface area contributed by atoms with Crippen LogP contribution in [0.3, 0.4) is 0 Å². The van der Waals surface area contributed by atoms with E-state index in [0.29, 0.717) is 17.5 Å². The lowest BCUT2D eigenvalue weighted by Gasteiger charge is -2.29. The number of hydrogen-bond donors (Lipinski definition) is 1. The lowest BCUT2D eigenvalue weighted by molar-refractivity contribution is 0.0671. The van der Waals surface area contributed by atoms with Gasteiger partial charge in [0.25, 0.3) is 5.91 Å². The summed E-state index contributed by atoms with van der Waals surface area (Å²) < 4.78 is 0. The average Bonchev–Trinajstić information content (AvgIpc) is 2.93. The largest absolute Gasteiger partial charge is 0.336 e. The molecule has 1 aromatic heterocycles. The van der Waals surface area contributed by atoms with Crippen LogP contribution < -0.4 is 5.56 Å². The molecule has 4 nitrogen and oxygen atoms in total. The second-order valence-corrected chi connectivity index (χ2v) is 6.06. The van der Waals surface area contributed by atoms with E-state index in [-0.39, 0.29) is 11.5 Å². The molecule has 0 aliphatic heterocycles. The van der Waals surface area contributed by atoms with Gasteiger partial charge < -0.3 is 9.88 Å². The van der Waals surface area contributed by atoms with Crippen molar-refractivity contribution >= 4 is 5.91 Å². The smallest absolute Gasteiger partial charge is 0.255 e. The molecule has 110 valence electrons. The molecule has 1 aromatic rings. The van der Waals surface area contributed by atoms with Crippen LogP contribution in [0, 0.1) is 5.92 Å². The number of hydrogen-bond acceptors (Lipinski definition) is 2. The van der Waals surface area contributed by atoms with Crippen molar-refractivity contribution in [2.24, 2.45) is 5.92 Å². The number of rotatable bonds is 5. The molecule has 0 radical (unpaired) electrons. The van der Waals surface area contributed by atoms with E-state index in [1.165, 1.54) is 25.1 Å². The second kappa shape index (κ2) is 6.73. The SMILES string of the molecule is CC(C)CCN(C(=O)c1ccc(=O)[nH]c1)C1CCCC1. The number of aromatic nitrogens is 1. The lowest BCUT2D eigenvalue weighted by atomic mass is 10.1. The number of aromatic amines is 1. The first kappa shape index (κ1) is 14.8. The molecule has 2 rings (SSSR count). The Labute approximate surface area is 120 Å². The van der Waals surface area contributed by atoms with Crippen LogP contribution in [-0.4, -0.2) is 28.4 Å². The van der Waals surface area contributed by atoms with Gasteiger partial charge in [0.05, 0.1) is 5.56 Å². The average molecular weight is 276 g/mol. The molecule has 0 spiro atoms. The van der Waals surface area contributed by atoms with E-state index in [1.807, 2.05) is 4.90 Å². The van der Waals surface area contributed by atoms with E-state index in [0.717, 1.165) is 25.8 Å². The van der Waals surface area contributed by atoms with Crippen molar-refractivity contribution in [1.29, 1.82) is 0 Å². The molecular formula is C16H24N2O2. The number of H-pyrrole nitrogens is 1. The molecule has 1 aliphatic carbocycles. The normalized spacial score (nSPS) is 15.8. The minimum atomic E-state index is -0.170. The number of nitrogens with one attached hydrogen (secondary N) is 1. The third-order valence-electron chi connectivity index (χ3n) is 4.00.